The second-order valence-corrected chi connectivity index (χ2v) is 5.99. The lowest BCUT2D eigenvalue weighted by Gasteiger charge is -2.43. The summed E-state index contributed by atoms with van der Waals surface area (Å²) >= 11 is 0. The number of hydrogen-bond acceptors (Lipinski definition) is 3. The fraction of sp³-hybridized carbons (Fsp3) is 0.643. The van der Waals surface area contributed by atoms with Gasteiger partial charge in [-0.25, -0.2) is 0 Å². The van der Waals surface area contributed by atoms with Crippen LogP contribution in [0.4, 0.5) is 0 Å². The zero-order valence-electron chi connectivity index (χ0n) is 12.1. The monoisotopic (exact) mass is 276 g/mol. The third kappa shape index (κ3) is 1.90. The van der Waals surface area contributed by atoms with E-state index in [1.165, 1.54) is 0 Å². The number of rotatable bonds is 3. The number of carbonyl (C=O) groups is 2. The van der Waals surface area contributed by atoms with Gasteiger partial charge in [-0.2, -0.15) is 5.10 Å². The molecule has 6 heteroatoms. The van der Waals surface area contributed by atoms with Gasteiger partial charge in [0.25, 0.3) is 0 Å². The summed E-state index contributed by atoms with van der Waals surface area (Å²) in [6.07, 6.45) is 2.02. The van der Waals surface area contributed by atoms with Crippen LogP contribution in [0.5, 0.6) is 0 Å². The van der Waals surface area contributed by atoms with E-state index >= 15 is 0 Å². The molecule has 1 aliphatic heterocycles. The molecule has 1 atom stereocenters. The number of nitrogens with zero attached hydrogens (tertiary/aromatic N) is 3. The number of aryl methyl sites for hydroxylation is 2. The van der Waals surface area contributed by atoms with Gasteiger partial charge in [0.2, 0.25) is 11.8 Å². The molecule has 1 unspecified atom stereocenters. The van der Waals surface area contributed by atoms with E-state index in [0.29, 0.717) is 6.54 Å². The quantitative estimate of drug-likeness (QED) is 0.866. The van der Waals surface area contributed by atoms with Crippen LogP contribution in [-0.2, 0) is 23.2 Å². The Balaban J connectivity index is 1.93. The topological polar surface area (TPSA) is 67.2 Å². The Morgan fingerprint density at radius 1 is 1.45 bits per heavy atom. The van der Waals surface area contributed by atoms with Crippen molar-refractivity contribution in [3.63, 3.8) is 0 Å². The Bertz CT molecular complexity index is 576. The van der Waals surface area contributed by atoms with Gasteiger partial charge in [-0.05, 0) is 38.7 Å². The predicted octanol–water partition coefficient (Wildman–Crippen LogP) is 0.356. The van der Waals surface area contributed by atoms with Crippen molar-refractivity contribution in [2.45, 2.75) is 38.8 Å². The maximum Gasteiger partial charge on any atom is 0.246 e. The van der Waals surface area contributed by atoms with Crippen LogP contribution in [0.3, 0.4) is 0 Å². The van der Waals surface area contributed by atoms with Gasteiger partial charge >= 0.3 is 0 Å². The minimum absolute atomic E-state index is 0.0159. The van der Waals surface area contributed by atoms with Crippen LogP contribution in [0, 0.1) is 12.8 Å². The van der Waals surface area contributed by atoms with Crippen LogP contribution in [0.25, 0.3) is 0 Å². The molecule has 0 aromatic carbocycles. The van der Waals surface area contributed by atoms with Gasteiger partial charge in [0.05, 0.1) is 24.5 Å². The van der Waals surface area contributed by atoms with E-state index in [1.807, 2.05) is 27.0 Å². The highest BCUT2D eigenvalue weighted by atomic mass is 16.2. The average molecular weight is 276 g/mol. The molecule has 2 aliphatic rings. The van der Waals surface area contributed by atoms with Crippen molar-refractivity contribution in [2.75, 3.05) is 6.54 Å². The molecule has 1 N–H and O–H groups in total. The van der Waals surface area contributed by atoms with Gasteiger partial charge < -0.3 is 10.2 Å². The van der Waals surface area contributed by atoms with Crippen LogP contribution in [0.1, 0.15) is 31.2 Å². The van der Waals surface area contributed by atoms with Crippen LogP contribution < -0.4 is 5.32 Å². The third-order valence-corrected chi connectivity index (χ3v) is 4.51. The molecule has 1 saturated carbocycles. The second kappa shape index (κ2) is 4.33. The standard InChI is InChI=1S/C14H20N4O2/c1-9-6-11(17(3)16-9)8-18-12(19)7-15-13(20)14(18,2)10-4-5-10/h6,10H,4-5,7-8H2,1-3H3,(H,15,20). The fourth-order valence-corrected chi connectivity index (χ4v) is 3.09. The van der Waals surface area contributed by atoms with Crippen LogP contribution >= 0.6 is 0 Å². The summed E-state index contributed by atoms with van der Waals surface area (Å²) in [4.78, 5) is 26.3. The van der Waals surface area contributed by atoms with E-state index in [4.69, 9.17) is 0 Å². The summed E-state index contributed by atoms with van der Waals surface area (Å²) < 4.78 is 1.78. The summed E-state index contributed by atoms with van der Waals surface area (Å²) in [5.41, 5.74) is 1.16. The Morgan fingerprint density at radius 2 is 2.15 bits per heavy atom. The summed E-state index contributed by atoms with van der Waals surface area (Å²) in [5, 5.41) is 7.03. The molecular weight excluding hydrogens is 256 g/mol. The van der Waals surface area contributed by atoms with Crippen molar-refractivity contribution >= 4 is 11.8 Å². The first-order chi connectivity index (χ1) is 9.42. The molecule has 20 heavy (non-hydrogen) atoms. The summed E-state index contributed by atoms with van der Waals surface area (Å²) in [7, 11) is 1.87. The van der Waals surface area contributed by atoms with E-state index in [2.05, 4.69) is 10.4 Å². The molecular formula is C14H20N4O2. The molecule has 0 radical (unpaired) electrons. The first-order valence-corrected chi connectivity index (χ1v) is 7.01. The van der Waals surface area contributed by atoms with Crippen molar-refractivity contribution < 1.29 is 9.59 Å². The maximum atomic E-state index is 12.3. The van der Waals surface area contributed by atoms with E-state index < -0.39 is 5.54 Å². The van der Waals surface area contributed by atoms with Crippen LogP contribution in [0.15, 0.2) is 6.07 Å². The van der Waals surface area contributed by atoms with E-state index in [9.17, 15) is 9.59 Å². The van der Waals surface area contributed by atoms with Gasteiger partial charge in [0, 0.05) is 7.05 Å². The minimum atomic E-state index is -0.715. The lowest BCUT2D eigenvalue weighted by molar-refractivity contribution is -0.155. The Labute approximate surface area is 118 Å². The zero-order chi connectivity index (χ0) is 14.5. The number of hydrogen-bond donors (Lipinski definition) is 1. The van der Waals surface area contributed by atoms with Crippen molar-refractivity contribution in [1.29, 1.82) is 0 Å². The molecule has 1 aromatic rings. The number of aromatic nitrogens is 2. The first-order valence-electron chi connectivity index (χ1n) is 7.01. The molecule has 2 fully saturated rings. The normalized spacial score (nSPS) is 26.9. The van der Waals surface area contributed by atoms with Gasteiger partial charge in [-0.3, -0.25) is 14.3 Å². The van der Waals surface area contributed by atoms with Crippen molar-refractivity contribution in [1.82, 2.24) is 20.0 Å². The average Bonchev–Trinajstić information content (AvgIpc) is 3.18. The van der Waals surface area contributed by atoms with Crippen molar-refractivity contribution in [3.05, 3.63) is 17.5 Å². The fourth-order valence-electron chi connectivity index (χ4n) is 3.09. The highest BCUT2D eigenvalue weighted by Crippen LogP contribution is 2.44. The number of nitrogens with one attached hydrogen (secondary N) is 1. The Morgan fingerprint density at radius 3 is 2.70 bits per heavy atom. The Kier molecular flexibility index (Phi) is 2.84. The molecule has 3 rings (SSSR count). The molecule has 2 heterocycles. The van der Waals surface area contributed by atoms with Gasteiger partial charge in [0.15, 0.2) is 0 Å². The lowest BCUT2D eigenvalue weighted by atomic mass is 9.89. The van der Waals surface area contributed by atoms with E-state index in [0.717, 1.165) is 24.2 Å². The summed E-state index contributed by atoms with van der Waals surface area (Å²) in [6, 6.07) is 1.97. The van der Waals surface area contributed by atoms with Crippen LogP contribution in [0.2, 0.25) is 0 Å². The number of piperazine rings is 1. The van der Waals surface area contributed by atoms with Crippen molar-refractivity contribution in [2.24, 2.45) is 13.0 Å². The molecule has 0 bridgehead atoms. The number of carbonyl (C=O) groups excluding carboxylic acids is 2. The van der Waals surface area contributed by atoms with Gasteiger partial charge in [0.1, 0.15) is 5.54 Å². The third-order valence-electron chi connectivity index (χ3n) is 4.51. The molecule has 1 aliphatic carbocycles. The maximum absolute atomic E-state index is 12.3. The highest BCUT2D eigenvalue weighted by Gasteiger charge is 2.54. The van der Waals surface area contributed by atoms with Gasteiger partial charge in [-0.1, -0.05) is 0 Å². The SMILES string of the molecule is Cc1cc(CN2C(=O)CNC(=O)C2(C)C2CC2)n(C)n1. The smallest absolute Gasteiger partial charge is 0.246 e. The predicted molar refractivity (Wildman–Crippen MR) is 72.6 cm³/mol. The molecule has 0 spiro atoms. The Hall–Kier alpha value is -1.85. The molecule has 2 amide bonds. The molecule has 6 nitrogen and oxygen atoms in total. The lowest BCUT2D eigenvalue weighted by Crippen LogP contribution is -2.66. The van der Waals surface area contributed by atoms with E-state index in [-0.39, 0.29) is 24.3 Å². The van der Waals surface area contributed by atoms with Gasteiger partial charge in [-0.15, -0.1) is 0 Å². The largest absolute Gasteiger partial charge is 0.345 e. The summed E-state index contributed by atoms with van der Waals surface area (Å²) in [6.45, 7) is 4.35. The zero-order valence-corrected chi connectivity index (χ0v) is 12.1. The van der Waals surface area contributed by atoms with Crippen molar-refractivity contribution in [3.8, 4) is 0 Å². The molecule has 1 aromatic heterocycles. The van der Waals surface area contributed by atoms with E-state index in [1.54, 1.807) is 9.58 Å². The second-order valence-electron chi connectivity index (χ2n) is 5.99. The molecule has 108 valence electrons. The summed E-state index contributed by atoms with van der Waals surface area (Å²) in [5.74, 6) is 0.234. The van der Waals surface area contributed by atoms with Crippen LogP contribution in [-0.4, -0.2) is 38.6 Å². The first kappa shape index (κ1) is 13.1. The highest BCUT2D eigenvalue weighted by molar-refractivity contribution is 5.98. The number of amides is 2. The minimum Gasteiger partial charge on any atom is -0.345 e. The molecule has 1 saturated heterocycles.